The molecule has 0 radical (unpaired) electrons. The van der Waals surface area contributed by atoms with E-state index >= 15 is 0 Å². The number of amides is 1. The molecule has 25 heavy (non-hydrogen) atoms. The molecule has 1 aromatic heterocycles. The lowest BCUT2D eigenvalue weighted by atomic mass is 10.0. The Bertz CT molecular complexity index is 639. The molecular weight excluding hydrogens is 320 g/mol. The minimum atomic E-state index is -0.111. The number of rotatable bonds is 6. The van der Waals surface area contributed by atoms with Gasteiger partial charge in [-0.15, -0.1) is 0 Å². The van der Waals surface area contributed by atoms with E-state index in [4.69, 9.17) is 4.74 Å². The first-order valence-corrected chi connectivity index (χ1v) is 9.28. The van der Waals surface area contributed by atoms with Crippen molar-refractivity contribution in [3.8, 4) is 0 Å². The van der Waals surface area contributed by atoms with Crippen LogP contribution in [-0.2, 0) is 16.6 Å². The molecule has 2 aliphatic rings. The van der Waals surface area contributed by atoms with E-state index in [1.54, 1.807) is 19.3 Å². The third-order valence-corrected chi connectivity index (χ3v) is 5.19. The van der Waals surface area contributed by atoms with Gasteiger partial charge in [0.2, 0.25) is 5.91 Å². The van der Waals surface area contributed by atoms with Gasteiger partial charge in [0.1, 0.15) is 0 Å². The summed E-state index contributed by atoms with van der Waals surface area (Å²) in [4.78, 5) is 25.9. The van der Waals surface area contributed by atoms with Crippen molar-refractivity contribution in [3.05, 3.63) is 22.6 Å². The Morgan fingerprint density at radius 3 is 2.96 bits per heavy atom. The Balaban J connectivity index is 1.42. The summed E-state index contributed by atoms with van der Waals surface area (Å²) in [5.41, 5.74) is 0.724. The van der Waals surface area contributed by atoms with Crippen molar-refractivity contribution >= 4 is 11.6 Å². The lowest BCUT2D eigenvalue weighted by Gasteiger charge is -2.34. The van der Waals surface area contributed by atoms with Crippen LogP contribution in [-0.4, -0.2) is 48.0 Å². The molecule has 1 saturated heterocycles. The smallest absolute Gasteiger partial charge is 0.268 e. The Labute approximate surface area is 148 Å². The Morgan fingerprint density at radius 2 is 2.20 bits per heavy atom. The molecule has 2 fully saturated rings. The third kappa shape index (κ3) is 5.04. The van der Waals surface area contributed by atoms with Gasteiger partial charge < -0.3 is 15.0 Å². The standard InChI is InChI=1S/C18H28N4O3/c1-21-18(24)11-15(12-20-21)22-8-9-25-16(13-22)6-7-19-17(23)10-14-4-2-3-5-14/h11-12,14,16H,2-10,13H2,1H3,(H,19,23)/t16-/m1/s1. The van der Waals surface area contributed by atoms with Crippen molar-refractivity contribution in [2.24, 2.45) is 13.0 Å². The van der Waals surface area contributed by atoms with Gasteiger partial charge in [0.05, 0.1) is 24.6 Å². The number of aryl methyl sites for hydroxylation is 1. The van der Waals surface area contributed by atoms with Gasteiger partial charge in [-0.05, 0) is 25.2 Å². The second kappa shape index (κ2) is 8.47. The van der Waals surface area contributed by atoms with Gasteiger partial charge in [0.15, 0.2) is 0 Å². The monoisotopic (exact) mass is 348 g/mol. The molecule has 0 spiro atoms. The third-order valence-electron chi connectivity index (χ3n) is 5.19. The molecule has 1 N–H and O–H groups in total. The van der Waals surface area contributed by atoms with Gasteiger partial charge in [0, 0.05) is 39.2 Å². The lowest BCUT2D eigenvalue weighted by Crippen LogP contribution is -2.44. The minimum Gasteiger partial charge on any atom is -0.374 e. The molecule has 1 amide bonds. The zero-order valence-electron chi connectivity index (χ0n) is 14.9. The van der Waals surface area contributed by atoms with Crippen molar-refractivity contribution in [1.82, 2.24) is 15.1 Å². The second-order valence-electron chi connectivity index (χ2n) is 7.11. The molecule has 138 valence electrons. The van der Waals surface area contributed by atoms with E-state index in [1.807, 2.05) is 0 Å². The molecule has 1 aliphatic carbocycles. The highest BCUT2D eigenvalue weighted by atomic mass is 16.5. The maximum absolute atomic E-state index is 12.0. The van der Waals surface area contributed by atoms with Crippen LogP contribution in [0.2, 0.25) is 0 Å². The van der Waals surface area contributed by atoms with E-state index in [1.165, 1.54) is 30.4 Å². The predicted molar refractivity (Wildman–Crippen MR) is 95.6 cm³/mol. The summed E-state index contributed by atoms with van der Waals surface area (Å²) in [6.45, 7) is 2.72. The summed E-state index contributed by atoms with van der Waals surface area (Å²) in [5.74, 6) is 0.741. The molecule has 1 saturated carbocycles. The summed E-state index contributed by atoms with van der Waals surface area (Å²) in [6, 6.07) is 1.61. The molecule has 2 heterocycles. The summed E-state index contributed by atoms with van der Waals surface area (Å²) in [5, 5.41) is 7.10. The number of carbonyl (C=O) groups excluding carboxylic acids is 1. The number of morpholine rings is 1. The number of aromatic nitrogens is 2. The van der Waals surface area contributed by atoms with Crippen LogP contribution in [0.15, 0.2) is 17.1 Å². The molecule has 3 rings (SSSR count). The van der Waals surface area contributed by atoms with E-state index in [0.29, 0.717) is 32.0 Å². The Kier molecular flexibility index (Phi) is 6.07. The van der Waals surface area contributed by atoms with Crippen molar-refractivity contribution in [1.29, 1.82) is 0 Å². The maximum atomic E-state index is 12.0. The second-order valence-corrected chi connectivity index (χ2v) is 7.11. The average molecular weight is 348 g/mol. The van der Waals surface area contributed by atoms with Crippen LogP contribution >= 0.6 is 0 Å². The number of nitrogens with one attached hydrogen (secondary N) is 1. The van der Waals surface area contributed by atoms with Crippen molar-refractivity contribution in [3.63, 3.8) is 0 Å². The van der Waals surface area contributed by atoms with E-state index in [0.717, 1.165) is 18.7 Å². The van der Waals surface area contributed by atoms with Crippen LogP contribution in [0.5, 0.6) is 0 Å². The zero-order valence-corrected chi connectivity index (χ0v) is 14.9. The minimum absolute atomic E-state index is 0.0598. The van der Waals surface area contributed by atoms with Crippen molar-refractivity contribution < 1.29 is 9.53 Å². The SMILES string of the molecule is Cn1ncc(N2CCO[C@H](CCNC(=O)CC3CCCC3)C2)cc1=O. The van der Waals surface area contributed by atoms with Gasteiger partial charge in [-0.1, -0.05) is 12.8 Å². The summed E-state index contributed by atoms with van der Waals surface area (Å²) in [7, 11) is 1.64. The highest BCUT2D eigenvalue weighted by Gasteiger charge is 2.22. The van der Waals surface area contributed by atoms with Gasteiger partial charge in [-0.3, -0.25) is 9.59 Å². The fourth-order valence-corrected chi connectivity index (χ4v) is 3.68. The first-order valence-electron chi connectivity index (χ1n) is 9.28. The fourth-order valence-electron chi connectivity index (χ4n) is 3.68. The molecule has 0 aromatic carbocycles. The number of hydrogen-bond acceptors (Lipinski definition) is 5. The number of ether oxygens (including phenoxy) is 1. The first kappa shape index (κ1) is 17.9. The van der Waals surface area contributed by atoms with Gasteiger partial charge in [0.25, 0.3) is 5.56 Å². The van der Waals surface area contributed by atoms with Gasteiger partial charge in [-0.25, -0.2) is 4.68 Å². The number of carbonyl (C=O) groups is 1. The number of nitrogens with zero attached hydrogens (tertiary/aromatic N) is 3. The molecule has 1 aliphatic heterocycles. The molecule has 7 nitrogen and oxygen atoms in total. The summed E-state index contributed by atoms with van der Waals surface area (Å²) >= 11 is 0. The van der Waals surface area contributed by atoms with E-state index in [-0.39, 0.29) is 17.6 Å². The quantitative estimate of drug-likeness (QED) is 0.832. The van der Waals surface area contributed by atoms with Crippen LogP contribution in [0.4, 0.5) is 5.69 Å². The molecule has 0 unspecified atom stereocenters. The molecule has 0 bridgehead atoms. The Hall–Kier alpha value is -1.89. The highest BCUT2D eigenvalue weighted by Crippen LogP contribution is 2.27. The summed E-state index contributed by atoms with van der Waals surface area (Å²) in [6.07, 6.45) is 8.14. The number of hydrogen-bond donors (Lipinski definition) is 1. The molecule has 1 aromatic rings. The van der Waals surface area contributed by atoms with Crippen molar-refractivity contribution in [2.75, 3.05) is 31.1 Å². The van der Waals surface area contributed by atoms with Crippen LogP contribution in [0, 0.1) is 5.92 Å². The topological polar surface area (TPSA) is 76.5 Å². The predicted octanol–water partition coefficient (Wildman–Crippen LogP) is 1.07. The summed E-state index contributed by atoms with van der Waals surface area (Å²) < 4.78 is 7.12. The largest absolute Gasteiger partial charge is 0.374 e. The lowest BCUT2D eigenvalue weighted by molar-refractivity contribution is -0.122. The molecule has 7 heteroatoms. The fraction of sp³-hybridized carbons (Fsp3) is 0.722. The van der Waals surface area contributed by atoms with E-state index < -0.39 is 0 Å². The van der Waals surface area contributed by atoms with Gasteiger partial charge >= 0.3 is 0 Å². The van der Waals surface area contributed by atoms with Crippen LogP contribution in [0.25, 0.3) is 0 Å². The van der Waals surface area contributed by atoms with Crippen molar-refractivity contribution in [2.45, 2.75) is 44.6 Å². The van der Waals surface area contributed by atoms with E-state index in [9.17, 15) is 9.59 Å². The maximum Gasteiger partial charge on any atom is 0.268 e. The average Bonchev–Trinajstić information content (AvgIpc) is 3.10. The van der Waals surface area contributed by atoms with E-state index in [2.05, 4.69) is 15.3 Å². The Morgan fingerprint density at radius 1 is 1.40 bits per heavy atom. The van der Waals surface area contributed by atoms with Crippen LogP contribution < -0.4 is 15.8 Å². The van der Waals surface area contributed by atoms with Crippen LogP contribution in [0.1, 0.15) is 38.5 Å². The molecule has 1 atom stereocenters. The van der Waals surface area contributed by atoms with Gasteiger partial charge in [-0.2, -0.15) is 5.10 Å². The van der Waals surface area contributed by atoms with Crippen LogP contribution in [0.3, 0.4) is 0 Å². The molecular formula is C18H28N4O3. The normalized spacial score (nSPS) is 21.5. The zero-order chi connectivity index (χ0) is 17.6. The first-order chi connectivity index (χ1) is 12.1. The highest BCUT2D eigenvalue weighted by molar-refractivity contribution is 5.76. The number of anilines is 1.